The predicted octanol–water partition coefficient (Wildman–Crippen LogP) is 2.26. The standard InChI is InChI=1S/C12H21NO3S2/c1-8(2)5-9(3)13-18(15,16)12-6-11(7-14)17-10(12)4/h6,8-9,13-14H,5,7H2,1-4H3. The Labute approximate surface area is 113 Å². The van der Waals surface area contributed by atoms with E-state index < -0.39 is 10.0 Å². The van der Waals surface area contributed by atoms with E-state index in [0.717, 1.165) is 6.42 Å². The summed E-state index contributed by atoms with van der Waals surface area (Å²) >= 11 is 1.31. The highest BCUT2D eigenvalue weighted by Gasteiger charge is 2.22. The summed E-state index contributed by atoms with van der Waals surface area (Å²) in [4.78, 5) is 1.67. The van der Waals surface area contributed by atoms with Gasteiger partial charge < -0.3 is 5.11 Å². The molecule has 0 saturated carbocycles. The Kier molecular flexibility index (Phi) is 5.33. The van der Waals surface area contributed by atoms with Gasteiger partial charge >= 0.3 is 0 Å². The van der Waals surface area contributed by atoms with Crippen LogP contribution in [0.3, 0.4) is 0 Å². The molecular weight excluding hydrogens is 270 g/mol. The average Bonchev–Trinajstić information content (AvgIpc) is 2.58. The maximum absolute atomic E-state index is 12.2. The Morgan fingerprint density at radius 1 is 1.39 bits per heavy atom. The van der Waals surface area contributed by atoms with Gasteiger partial charge in [0.05, 0.1) is 11.5 Å². The Morgan fingerprint density at radius 3 is 2.44 bits per heavy atom. The van der Waals surface area contributed by atoms with Gasteiger partial charge in [-0.1, -0.05) is 13.8 Å². The zero-order valence-corrected chi connectivity index (χ0v) is 12.9. The molecule has 0 aromatic carbocycles. The summed E-state index contributed by atoms with van der Waals surface area (Å²) in [6.07, 6.45) is 0.801. The zero-order valence-electron chi connectivity index (χ0n) is 11.2. The number of sulfonamides is 1. The monoisotopic (exact) mass is 291 g/mol. The summed E-state index contributed by atoms with van der Waals surface area (Å²) in [6.45, 7) is 7.62. The van der Waals surface area contributed by atoms with Crippen molar-refractivity contribution >= 4 is 21.4 Å². The quantitative estimate of drug-likeness (QED) is 0.845. The fraction of sp³-hybridized carbons (Fsp3) is 0.667. The largest absolute Gasteiger partial charge is 0.391 e. The molecule has 1 rings (SSSR count). The summed E-state index contributed by atoms with van der Waals surface area (Å²) in [6, 6.07) is 1.46. The van der Waals surface area contributed by atoms with E-state index in [1.165, 1.54) is 11.3 Å². The molecule has 0 saturated heterocycles. The molecule has 1 unspecified atom stereocenters. The minimum Gasteiger partial charge on any atom is -0.391 e. The smallest absolute Gasteiger partial charge is 0.241 e. The Bertz CT molecular complexity index is 491. The predicted molar refractivity (Wildman–Crippen MR) is 74.2 cm³/mol. The van der Waals surface area contributed by atoms with E-state index in [0.29, 0.717) is 15.7 Å². The van der Waals surface area contributed by atoms with Crippen LogP contribution in [0, 0.1) is 12.8 Å². The van der Waals surface area contributed by atoms with Crippen molar-refractivity contribution in [1.29, 1.82) is 0 Å². The first-order valence-electron chi connectivity index (χ1n) is 5.98. The van der Waals surface area contributed by atoms with E-state index >= 15 is 0 Å². The van der Waals surface area contributed by atoms with Crippen molar-refractivity contribution in [3.63, 3.8) is 0 Å². The third-order valence-corrected chi connectivity index (χ3v) is 5.43. The van der Waals surface area contributed by atoms with Gasteiger partial charge in [0, 0.05) is 15.8 Å². The maximum atomic E-state index is 12.2. The average molecular weight is 291 g/mol. The molecule has 0 bridgehead atoms. The van der Waals surface area contributed by atoms with E-state index in [2.05, 4.69) is 18.6 Å². The van der Waals surface area contributed by atoms with Crippen LogP contribution in [-0.4, -0.2) is 19.6 Å². The van der Waals surface area contributed by atoms with Gasteiger partial charge in [-0.2, -0.15) is 0 Å². The number of aryl methyl sites for hydroxylation is 1. The minimum atomic E-state index is -3.48. The van der Waals surface area contributed by atoms with Crippen LogP contribution >= 0.6 is 11.3 Å². The van der Waals surface area contributed by atoms with Crippen molar-refractivity contribution in [1.82, 2.24) is 4.72 Å². The van der Waals surface area contributed by atoms with Gasteiger partial charge in [0.1, 0.15) is 0 Å². The highest BCUT2D eigenvalue weighted by molar-refractivity contribution is 7.89. The van der Waals surface area contributed by atoms with Crippen molar-refractivity contribution in [3.8, 4) is 0 Å². The van der Waals surface area contributed by atoms with E-state index in [9.17, 15) is 8.42 Å². The van der Waals surface area contributed by atoms with Crippen LogP contribution in [0.25, 0.3) is 0 Å². The number of hydrogen-bond donors (Lipinski definition) is 2. The molecule has 6 heteroatoms. The number of nitrogens with one attached hydrogen (secondary N) is 1. The fourth-order valence-electron chi connectivity index (χ4n) is 1.95. The van der Waals surface area contributed by atoms with Crippen LogP contribution in [-0.2, 0) is 16.6 Å². The number of thiophene rings is 1. The Hall–Kier alpha value is -0.430. The Morgan fingerprint density at radius 2 is 2.00 bits per heavy atom. The van der Waals surface area contributed by atoms with Crippen molar-refractivity contribution in [2.75, 3.05) is 0 Å². The van der Waals surface area contributed by atoms with Crippen LogP contribution in [0.15, 0.2) is 11.0 Å². The topological polar surface area (TPSA) is 66.4 Å². The normalized spacial score (nSPS) is 14.1. The fourth-order valence-corrected chi connectivity index (χ4v) is 4.70. The van der Waals surface area contributed by atoms with Crippen molar-refractivity contribution in [2.45, 2.75) is 51.7 Å². The lowest BCUT2D eigenvalue weighted by molar-refractivity contribution is 0.285. The molecule has 0 aliphatic heterocycles. The maximum Gasteiger partial charge on any atom is 0.241 e. The molecule has 0 aliphatic carbocycles. The molecule has 0 spiro atoms. The highest BCUT2D eigenvalue weighted by Crippen LogP contribution is 2.26. The number of rotatable bonds is 6. The third kappa shape index (κ3) is 4.05. The summed E-state index contributed by atoms with van der Waals surface area (Å²) in [5.74, 6) is 0.444. The second kappa shape index (κ2) is 6.14. The van der Waals surface area contributed by atoms with Gasteiger partial charge in [-0.05, 0) is 32.3 Å². The van der Waals surface area contributed by atoms with Gasteiger partial charge in [-0.3, -0.25) is 0 Å². The Balaban J connectivity index is 2.89. The van der Waals surface area contributed by atoms with Crippen LogP contribution in [0.1, 0.15) is 36.9 Å². The molecule has 0 fully saturated rings. The second-order valence-electron chi connectivity index (χ2n) is 4.94. The van der Waals surface area contributed by atoms with Gasteiger partial charge in [0.2, 0.25) is 10.0 Å². The number of aliphatic hydroxyl groups is 1. The van der Waals surface area contributed by atoms with Gasteiger partial charge in [-0.25, -0.2) is 13.1 Å². The second-order valence-corrected chi connectivity index (χ2v) is 7.97. The first-order valence-corrected chi connectivity index (χ1v) is 8.28. The molecule has 1 atom stereocenters. The van der Waals surface area contributed by atoms with Crippen LogP contribution < -0.4 is 4.72 Å². The van der Waals surface area contributed by atoms with E-state index in [4.69, 9.17) is 5.11 Å². The highest BCUT2D eigenvalue weighted by atomic mass is 32.2. The molecule has 18 heavy (non-hydrogen) atoms. The molecule has 0 radical (unpaired) electrons. The first kappa shape index (κ1) is 15.6. The zero-order chi connectivity index (χ0) is 13.9. The van der Waals surface area contributed by atoms with Gasteiger partial charge in [0.25, 0.3) is 0 Å². The molecule has 1 aromatic heterocycles. The summed E-state index contributed by atoms with van der Waals surface area (Å²) in [7, 11) is -3.48. The van der Waals surface area contributed by atoms with E-state index in [1.54, 1.807) is 13.0 Å². The summed E-state index contributed by atoms with van der Waals surface area (Å²) in [5.41, 5.74) is 0. The molecule has 1 aromatic rings. The summed E-state index contributed by atoms with van der Waals surface area (Å²) in [5, 5.41) is 9.04. The minimum absolute atomic E-state index is 0.0909. The molecular formula is C12H21NO3S2. The molecule has 1 heterocycles. The SMILES string of the molecule is Cc1sc(CO)cc1S(=O)(=O)NC(C)CC(C)C. The van der Waals surface area contributed by atoms with E-state index in [1.807, 2.05) is 6.92 Å². The molecule has 2 N–H and O–H groups in total. The number of hydrogen-bond acceptors (Lipinski definition) is 4. The molecule has 0 amide bonds. The molecule has 4 nitrogen and oxygen atoms in total. The molecule has 104 valence electrons. The number of aliphatic hydroxyl groups excluding tert-OH is 1. The van der Waals surface area contributed by atoms with Crippen LogP contribution in [0.5, 0.6) is 0 Å². The van der Waals surface area contributed by atoms with Crippen molar-refractivity contribution in [2.24, 2.45) is 5.92 Å². The van der Waals surface area contributed by atoms with Gasteiger partial charge in [-0.15, -0.1) is 11.3 Å². The van der Waals surface area contributed by atoms with E-state index in [-0.39, 0.29) is 17.5 Å². The lowest BCUT2D eigenvalue weighted by Crippen LogP contribution is -2.33. The third-order valence-electron chi connectivity index (χ3n) is 2.55. The molecule has 0 aliphatic rings. The van der Waals surface area contributed by atoms with Crippen molar-refractivity contribution in [3.05, 3.63) is 15.8 Å². The van der Waals surface area contributed by atoms with Crippen LogP contribution in [0.4, 0.5) is 0 Å². The summed E-state index contributed by atoms with van der Waals surface area (Å²) < 4.78 is 27.1. The first-order chi connectivity index (χ1) is 8.26. The lowest BCUT2D eigenvalue weighted by atomic mass is 10.1. The van der Waals surface area contributed by atoms with Crippen LogP contribution in [0.2, 0.25) is 0 Å². The lowest BCUT2D eigenvalue weighted by Gasteiger charge is -2.15. The van der Waals surface area contributed by atoms with Gasteiger partial charge in [0.15, 0.2) is 0 Å². The van der Waals surface area contributed by atoms with Crippen molar-refractivity contribution < 1.29 is 13.5 Å².